The molecule has 1 unspecified atom stereocenters. The van der Waals surface area contributed by atoms with Crippen molar-refractivity contribution >= 4 is 35.5 Å². The molecule has 2 rings (SSSR count). The van der Waals surface area contributed by atoms with E-state index in [0.29, 0.717) is 10.6 Å². The Morgan fingerprint density at radius 1 is 1.28 bits per heavy atom. The Hall–Kier alpha value is -2.05. The van der Waals surface area contributed by atoms with Gasteiger partial charge < -0.3 is 0 Å². The molecule has 3 amide bonds. The number of pyridine rings is 1. The number of amides is 3. The molecule has 0 aliphatic rings. The van der Waals surface area contributed by atoms with Crippen LogP contribution in [-0.2, 0) is 0 Å². The van der Waals surface area contributed by atoms with Crippen molar-refractivity contribution in [1.82, 2.24) is 14.6 Å². The molecule has 0 spiro atoms. The zero-order chi connectivity index (χ0) is 18.2. The van der Waals surface area contributed by atoms with E-state index in [1.165, 1.54) is 11.9 Å². The van der Waals surface area contributed by atoms with Crippen LogP contribution in [0.5, 0.6) is 0 Å². The number of hydrogen-bond acceptors (Lipinski definition) is 4. The van der Waals surface area contributed by atoms with Crippen LogP contribution >= 0.6 is 23.5 Å². The van der Waals surface area contributed by atoms with Crippen LogP contribution in [0.25, 0.3) is 0 Å². The Kier molecular flexibility index (Phi) is 7.28. The van der Waals surface area contributed by atoms with Crippen molar-refractivity contribution in [3.63, 3.8) is 0 Å². The average molecular weight is 378 g/mol. The van der Waals surface area contributed by atoms with Crippen molar-refractivity contribution in [2.75, 3.05) is 5.75 Å². The molecule has 1 heterocycles. The van der Waals surface area contributed by atoms with E-state index in [4.69, 9.17) is 11.6 Å². The number of carbonyl (C=O) groups is 2. The van der Waals surface area contributed by atoms with E-state index < -0.39 is 11.9 Å². The van der Waals surface area contributed by atoms with E-state index in [1.807, 2.05) is 19.9 Å². The van der Waals surface area contributed by atoms with E-state index in [-0.39, 0.29) is 6.04 Å². The van der Waals surface area contributed by atoms with Gasteiger partial charge in [0.25, 0.3) is 5.91 Å². The van der Waals surface area contributed by atoms with Gasteiger partial charge in [0.15, 0.2) is 0 Å². The first-order valence-corrected chi connectivity index (χ1v) is 9.28. The van der Waals surface area contributed by atoms with Crippen LogP contribution < -0.4 is 5.32 Å². The zero-order valence-electron chi connectivity index (χ0n) is 14.1. The quantitative estimate of drug-likeness (QED) is 0.741. The van der Waals surface area contributed by atoms with Crippen LogP contribution in [0.3, 0.4) is 0 Å². The van der Waals surface area contributed by atoms with Crippen LogP contribution in [0.15, 0.2) is 48.8 Å². The van der Waals surface area contributed by atoms with Gasteiger partial charge in [0.05, 0.1) is 11.1 Å². The minimum Gasteiger partial charge on any atom is -0.273 e. The lowest BCUT2D eigenvalue weighted by molar-refractivity contribution is 0.0958. The van der Waals surface area contributed by atoms with Crippen molar-refractivity contribution in [3.05, 3.63) is 64.9 Å². The third-order valence-electron chi connectivity index (χ3n) is 3.50. The lowest BCUT2D eigenvalue weighted by atomic mass is 10.1. The lowest BCUT2D eigenvalue weighted by Crippen LogP contribution is -2.40. The number of hydrogen-bond donors (Lipinski definition) is 1. The van der Waals surface area contributed by atoms with E-state index in [2.05, 4.69) is 10.3 Å². The van der Waals surface area contributed by atoms with E-state index in [0.717, 1.165) is 17.7 Å². The topological polar surface area (TPSA) is 62.3 Å². The summed E-state index contributed by atoms with van der Waals surface area (Å²) in [6.45, 7) is 3.90. The molecule has 0 saturated carbocycles. The minimum absolute atomic E-state index is 0.310. The second-order valence-corrected chi connectivity index (χ2v) is 6.82. The fourth-order valence-corrected chi connectivity index (χ4v) is 3.36. The fourth-order valence-electron chi connectivity index (χ4n) is 2.20. The smallest absolute Gasteiger partial charge is 0.273 e. The van der Waals surface area contributed by atoms with Crippen molar-refractivity contribution < 1.29 is 9.59 Å². The minimum atomic E-state index is -0.465. The molecule has 0 fully saturated rings. The van der Waals surface area contributed by atoms with E-state index in [9.17, 15) is 9.59 Å². The molecule has 132 valence electrons. The number of benzene rings is 1. The summed E-state index contributed by atoms with van der Waals surface area (Å²) < 4.78 is 1.55. The van der Waals surface area contributed by atoms with Crippen LogP contribution in [-0.4, -0.2) is 27.0 Å². The van der Waals surface area contributed by atoms with Gasteiger partial charge in [-0.1, -0.05) is 36.7 Å². The molecule has 5 nitrogen and oxygen atoms in total. The first-order valence-electron chi connectivity index (χ1n) is 7.96. The summed E-state index contributed by atoms with van der Waals surface area (Å²) in [4.78, 5) is 28.9. The van der Waals surface area contributed by atoms with Crippen molar-refractivity contribution in [3.8, 4) is 0 Å². The summed E-state index contributed by atoms with van der Waals surface area (Å²) in [5.41, 5.74) is 1.22. The van der Waals surface area contributed by atoms with Gasteiger partial charge in [0.1, 0.15) is 0 Å². The predicted octanol–water partition coefficient (Wildman–Crippen LogP) is 4.71. The molecule has 25 heavy (non-hydrogen) atoms. The van der Waals surface area contributed by atoms with Crippen molar-refractivity contribution in [2.24, 2.45) is 0 Å². The summed E-state index contributed by atoms with van der Waals surface area (Å²) in [6, 6.07) is 9.65. The Morgan fingerprint density at radius 3 is 2.64 bits per heavy atom. The summed E-state index contributed by atoms with van der Waals surface area (Å²) in [6.07, 6.45) is 4.08. The summed E-state index contributed by atoms with van der Waals surface area (Å²) in [5, 5.41) is 2.93. The molecule has 7 heteroatoms. The highest BCUT2D eigenvalue weighted by Gasteiger charge is 2.25. The van der Waals surface area contributed by atoms with Crippen LogP contribution in [0.4, 0.5) is 4.79 Å². The largest absolute Gasteiger partial charge is 0.334 e. The normalized spacial score (nSPS) is 11.6. The maximum atomic E-state index is 12.7. The second-order valence-electron chi connectivity index (χ2n) is 5.36. The van der Waals surface area contributed by atoms with Crippen molar-refractivity contribution in [1.29, 1.82) is 0 Å². The number of aromatic nitrogens is 1. The molecule has 0 bridgehead atoms. The number of urea groups is 1. The average Bonchev–Trinajstić information content (AvgIpc) is 2.63. The molecule has 0 saturated heterocycles. The molecule has 1 aromatic heterocycles. The monoisotopic (exact) mass is 377 g/mol. The highest BCUT2D eigenvalue weighted by atomic mass is 35.5. The van der Waals surface area contributed by atoms with Gasteiger partial charge >= 0.3 is 6.03 Å². The predicted molar refractivity (Wildman–Crippen MR) is 102 cm³/mol. The first-order chi connectivity index (χ1) is 12.0. The highest BCUT2D eigenvalue weighted by Crippen LogP contribution is 2.31. The van der Waals surface area contributed by atoms with E-state index in [1.54, 1.807) is 47.0 Å². The molecule has 2 aromatic rings. The highest BCUT2D eigenvalue weighted by molar-refractivity contribution is 7.97. The molecular weight excluding hydrogens is 358 g/mol. The number of imide groups is 1. The zero-order valence-corrected chi connectivity index (χ0v) is 15.7. The standard InChI is InChI=1S/C18H20ClN3O2S/c1-3-11-25-22(13(2)15-9-10-20-12-16(15)19)18(24)21-17(23)14-7-5-4-6-8-14/h4-10,12-13H,3,11H2,1-2H3,(H,21,23,24). The maximum Gasteiger partial charge on any atom is 0.334 e. The van der Waals surface area contributed by atoms with Gasteiger partial charge in [0, 0.05) is 23.7 Å². The molecule has 0 radical (unpaired) electrons. The molecule has 1 aromatic carbocycles. The Balaban J connectivity index is 2.17. The Bertz CT molecular complexity index is 727. The Labute approximate surface area is 156 Å². The van der Waals surface area contributed by atoms with Gasteiger partial charge in [0.2, 0.25) is 0 Å². The van der Waals surface area contributed by atoms with Gasteiger partial charge in [-0.15, -0.1) is 0 Å². The van der Waals surface area contributed by atoms with Gasteiger partial charge in [-0.3, -0.25) is 19.4 Å². The third kappa shape index (κ3) is 5.21. The number of halogens is 1. The van der Waals surface area contributed by atoms with Crippen molar-refractivity contribution in [2.45, 2.75) is 26.3 Å². The van der Waals surface area contributed by atoms with Crippen LogP contribution in [0.2, 0.25) is 5.02 Å². The fraction of sp³-hybridized carbons (Fsp3) is 0.278. The lowest BCUT2D eigenvalue weighted by Gasteiger charge is -2.28. The van der Waals surface area contributed by atoms with E-state index >= 15 is 0 Å². The number of carbonyl (C=O) groups excluding carboxylic acids is 2. The summed E-state index contributed by atoms with van der Waals surface area (Å²) in [7, 11) is 0. The molecule has 0 aliphatic heterocycles. The Morgan fingerprint density at radius 2 is 2.00 bits per heavy atom. The molecular formula is C18H20ClN3O2S. The van der Waals surface area contributed by atoms with Crippen LogP contribution in [0, 0.1) is 0 Å². The van der Waals surface area contributed by atoms with Gasteiger partial charge in [-0.25, -0.2) is 4.79 Å². The number of rotatable bonds is 6. The second kappa shape index (κ2) is 9.44. The summed E-state index contributed by atoms with van der Waals surface area (Å²) in [5.74, 6) is 0.320. The summed E-state index contributed by atoms with van der Waals surface area (Å²) >= 11 is 7.57. The van der Waals surface area contributed by atoms with Gasteiger partial charge in [-0.2, -0.15) is 0 Å². The molecule has 1 N–H and O–H groups in total. The first kappa shape index (κ1) is 19.3. The number of nitrogens with one attached hydrogen (secondary N) is 1. The molecule has 0 aliphatic carbocycles. The number of nitrogens with zero attached hydrogens (tertiary/aromatic N) is 2. The SMILES string of the molecule is CCCSN(C(=O)NC(=O)c1ccccc1)C(C)c1ccncc1Cl. The van der Waals surface area contributed by atoms with Gasteiger partial charge in [-0.05, 0) is 49.1 Å². The maximum absolute atomic E-state index is 12.7. The third-order valence-corrected chi connectivity index (χ3v) is 5.16. The molecule has 1 atom stereocenters. The van der Waals surface area contributed by atoms with Crippen LogP contribution in [0.1, 0.15) is 42.2 Å².